The van der Waals surface area contributed by atoms with Gasteiger partial charge in [-0.2, -0.15) is 0 Å². The van der Waals surface area contributed by atoms with Crippen LogP contribution in [-0.2, 0) is 9.53 Å². The summed E-state index contributed by atoms with van der Waals surface area (Å²) in [6.45, 7) is 9.67. The lowest BCUT2D eigenvalue weighted by molar-refractivity contribution is -0.155. The smallest absolute Gasteiger partial charge is 0.307 e. The maximum absolute atomic E-state index is 11.5. The lowest BCUT2D eigenvalue weighted by Crippen LogP contribution is -2.37. The Hall–Kier alpha value is -0.610. The Morgan fingerprint density at radius 2 is 1.88 bits per heavy atom. The summed E-state index contributed by atoms with van der Waals surface area (Å²) in [6, 6.07) is 0.277. The van der Waals surface area contributed by atoms with Crippen molar-refractivity contribution in [3.8, 4) is 0 Å². The highest BCUT2D eigenvalue weighted by molar-refractivity contribution is 5.70. The van der Waals surface area contributed by atoms with E-state index in [1.807, 2.05) is 34.6 Å². The number of esters is 1. The highest BCUT2D eigenvalue weighted by Crippen LogP contribution is 2.09. The van der Waals surface area contributed by atoms with E-state index in [9.17, 15) is 4.79 Å². The van der Waals surface area contributed by atoms with Crippen molar-refractivity contribution in [2.45, 2.75) is 65.1 Å². The second-order valence-corrected chi connectivity index (χ2v) is 5.27. The van der Waals surface area contributed by atoms with Crippen LogP contribution in [0.5, 0.6) is 0 Å². The van der Waals surface area contributed by atoms with Crippen molar-refractivity contribution in [3.05, 3.63) is 0 Å². The molecular weight excluding hydrogens is 206 g/mol. The first-order valence-electron chi connectivity index (χ1n) is 5.83. The summed E-state index contributed by atoms with van der Waals surface area (Å²) in [5.41, 5.74) is -0.423. The van der Waals surface area contributed by atoms with E-state index >= 15 is 0 Å². The van der Waals surface area contributed by atoms with E-state index in [0.29, 0.717) is 12.8 Å². The van der Waals surface area contributed by atoms with E-state index in [1.165, 1.54) is 0 Å². The van der Waals surface area contributed by atoms with Crippen molar-refractivity contribution in [1.82, 2.24) is 5.32 Å². The monoisotopic (exact) mass is 231 g/mol. The normalized spacial score (nSPS) is 15.6. The Morgan fingerprint density at radius 3 is 2.31 bits per heavy atom. The Labute approximate surface area is 98.4 Å². The molecule has 0 aromatic carbocycles. The van der Waals surface area contributed by atoms with Gasteiger partial charge in [-0.1, -0.05) is 0 Å². The van der Waals surface area contributed by atoms with Gasteiger partial charge < -0.3 is 15.2 Å². The molecule has 0 amide bonds. The first-order chi connectivity index (χ1) is 7.24. The first kappa shape index (κ1) is 15.4. The van der Waals surface area contributed by atoms with Crippen molar-refractivity contribution in [3.63, 3.8) is 0 Å². The third-order valence-electron chi connectivity index (χ3n) is 2.02. The number of hydrogen-bond donors (Lipinski definition) is 2. The van der Waals surface area contributed by atoms with Crippen molar-refractivity contribution < 1.29 is 14.6 Å². The van der Waals surface area contributed by atoms with E-state index in [2.05, 4.69) is 5.32 Å². The van der Waals surface area contributed by atoms with E-state index in [-0.39, 0.29) is 24.7 Å². The third-order valence-corrected chi connectivity index (χ3v) is 2.02. The van der Waals surface area contributed by atoms with Crippen molar-refractivity contribution >= 4 is 5.97 Å². The fourth-order valence-corrected chi connectivity index (χ4v) is 1.45. The standard InChI is InChI=1S/C12H25NO3/c1-9(6-7-14)13-10(2)8-11(15)16-12(3,4)5/h9-10,13-14H,6-8H2,1-5H3/t9-,10?/m1/s1. The molecule has 2 atom stereocenters. The molecule has 0 aliphatic heterocycles. The number of aliphatic hydroxyl groups is 1. The van der Waals surface area contributed by atoms with Gasteiger partial charge in [0.1, 0.15) is 5.60 Å². The minimum absolute atomic E-state index is 0.0661. The predicted molar refractivity (Wildman–Crippen MR) is 64.2 cm³/mol. The molecule has 1 unspecified atom stereocenters. The number of nitrogens with one attached hydrogen (secondary N) is 1. The second-order valence-electron chi connectivity index (χ2n) is 5.27. The Morgan fingerprint density at radius 1 is 1.31 bits per heavy atom. The maximum Gasteiger partial charge on any atom is 0.307 e. The zero-order chi connectivity index (χ0) is 12.8. The van der Waals surface area contributed by atoms with Crippen LogP contribution in [0.2, 0.25) is 0 Å². The molecule has 0 aliphatic carbocycles. The molecule has 0 spiro atoms. The summed E-state index contributed by atoms with van der Waals surface area (Å²) in [7, 11) is 0. The largest absolute Gasteiger partial charge is 0.460 e. The summed E-state index contributed by atoms with van der Waals surface area (Å²) < 4.78 is 5.22. The third kappa shape index (κ3) is 8.68. The van der Waals surface area contributed by atoms with Crippen LogP contribution in [0.4, 0.5) is 0 Å². The molecule has 96 valence electrons. The van der Waals surface area contributed by atoms with Gasteiger partial charge in [-0.25, -0.2) is 0 Å². The average molecular weight is 231 g/mol. The molecule has 0 rings (SSSR count). The zero-order valence-corrected chi connectivity index (χ0v) is 11.0. The van der Waals surface area contributed by atoms with Crippen LogP contribution in [-0.4, -0.2) is 35.4 Å². The Kier molecular flexibility index (Phi) is 6.60. The lowest BCUT2D eigenvalue weighted by Gasteiger charge is -2.23. The van der Waals surface area contributed by atoms with Crippen LogP contribution in [0.25, 0.3) is 0 Å². The molecule has 0 saturated heterocycles. The zero-order valence-electron chi connectivity index (χ0n) is 11.0. The van der Waals surface area contributed by atoms with Crippen LogP contribution >= 0.6 is 0 Å². The quantitative estimate of drug-likeness (QED) is 0.680. The van der Waals surface area contributed by atoms with E-state index in [4.69, 9.17) is 9.84 Å². The van der Waals surface area contributed by atoms with E-state index < -0.39 is 5.60 Å². The molecule has 0 aromatic rings. The molecule has 0 saturated carbocycles. The highest BCUT2D eigenvalue weighted by Gasteiger charge is 2.18. The molecule has 0 heterocycles. The van der Waals surface area contributed by atoms with Crippen molar-refractivity contribution in [2.75, 3.05) is 6.61 Å². The number of ether oxygens (including phenoxy) is 1. The molecule has 0 radical (unpaired) electrons. The van der Waals surface area contributed by atoms with E-state index in [0.717, 1.165) is 0 Å². The molecule has 0 fully saturated rings. The number of hydrogen-bond acceptors (Lipinski definition) is 4. The summed E-state index contributed by atoms with van der Waals surface area (Å²) in [5.74, 6) is -0.191. The average Bonchev–Trinajstić information content (AvgIpc) is 1.98. The molecule has 0 aliphatic rings. The molecule has 0 aromatic heterocycles. The molecule has 4 heteroatoms. The van der Waals surface area contributed by atoms with Gasteiger partial charge in [-0.3, -0.25) is 4.79 Å². The van der Waals surface area contributed by atoms with Crippen LogP contribution in [0.3, 0.4) is 0 Å². The molecule has 16 heavy (non-hydrogen) atoms. The SMILES string of the molecule is CC(CC(=O)OC(C)(C)C)N[C@H](C)CCO. The second kappa shape index (κ2) is 6.86. The van der Waals surface area contributed by atoms with Gasteiger partial charge in [0.05, 0.1) is 6.42 Å². The van der Waals surface area contributed by atoms with Gasteiger partial charge in [0.2, 0.25) is 0 Å². The number of rotatable bonds is 6. The fourth-order valence-electron chi connectivity index (χ4n) is 1.45. The highest BCUT2D eigenvalue weighted by atomic mass is 16.6. The van der Waals surface area contributed by atoms with Gasteiger partial charge >= 0.3 is 5.97 Å². The minimum atomic E-state index is -0.423. The molecular formula is C12H25NO3. The predicted octanol–water partition coefficient (Wildman–Crippen LogP) is 1.47. The van der Waals surface area contributed by atoms with Gasteiger partial charge in [-0.15, -0.1) is 0 Å². The van der Waals surface area contributed by atoms with Crippen molar-refractivity contribution in [2.24, 2.45) is 0 Å². The number of carbonyl (C=O) groups excluding carboxylic acids is 1. The number of carbonyl (C=O) groups is 1. The van der Waals surface area contributed by atoms with Crippen LogP contribution in [0.15, 0.2) is 0 Å². The van der Waals surface area contributed by atoms with Crippen LogP contribution < -0.4 is 5.32 Å². The minimum Gasteiger partial charge on any atom is -0.460 e. The Balaban J connectivity index is 3.87. The van der Waals surface area contributed by atoms with Crippen molar-refractivity contribution in [1.29, 1.82) is 0 Å². The van der Waals surface area contributed by atoms with Gasteiger partial charge in [0, 0.05) is 18.7 Å². The maximum atomic E-state index is 11.5. The Bertz CT molecular complexity index is 211. The number of aliphatic hydroxyl groups excluding tert-OH is 1. The summed E-state index contributed by atoms with van der Waals surface area (Å²) in [4.78, 5) is 11.5. The fraction of sp³-hybridized carbons (Fsp3) is 0.917. The molecule has 0 bridgehead atoms. The summed E-state index contributed by atoms with van der Waals surface area (Å²) in [5, 5.41) is 12.0. The van der Waals surface area contributed by atoms with Gasteiger partial charge in [0.15, 0.2) is 0 Å². The lowest BCUT2D eigenvalue weighted by atomic mass is 10.1. The molecule has 2 N–H and O–H groups in total. The molecule has 4 nitrogen and oxygen atoms in total. The van der Waals surface area contributed by atoms with Crippen LogP contribution in [0.1, 0.15) is 47.5 Å². The summed E-state index contributed by atoms with van der Waals surface area (Å²) in [6.07, 6.45) is 1.05. The van der Waals surface area contributed by atoms with Crippen LogP contribution in [0, 0.1) is 0 Å². The first-order valence-corrected chi connectivity index (χ1v) is 5.83. The summed E-state index contributed by atoms with van der Waals surface area (Å²) >= 11 is 0. The topological polar surface area (TPSA) is 58.6 Å². The van der Waals surface area contributed by atoms with Gasteiger partial charge in [-0.05, 0) is 41.0 Å². The van der Waals surface area contributed by atoms with E-state index in [1.54, 1.807) is 0 Å². The van der Waals surface area contributed by atoms with Gasteiger partial charge in [0.25, 0.3) is 0 Å².